The van der Waals surface area contributed by atoms with E-state index in [0.717, 1.165) is 38.1 Å². The van der Waals surface area contributed by atoms with E-state index in [1.165, 1.54) is 0 Å². The first-order valence-corrected chi connectivity index (χ1v) is 12.7. The molecule has 4 aromatic rings. The minimum Gasteiger partial charge on any atom is -0.383 e. The molecule has 1 aromatic carbocycles. The smallest absolute Gasteiger partial charge is 0.250 e. The Morgan fingerprint density at radius 1 is 1.09 bits per heavy atom. The van der Waals surface area contributed by atoms with Gasteiger partial charge in [-0.25, -0.2) is 13.4 Å². The number of aromatic nitrogens is 2. The number of fused-ring (bicyclic) bond motifs is 1. The Labute approximate surface area is 195 Å². The van der Waals surface area contributed by atoms with Crippen LogP contribution >= 0.6 is 11.3 Å². The summed E-state index contributed by atoms with van der Waals surface area (Å²) in [5.74, 6) is 0.207. The van der Waals surface area contributed by atoms with Crippen molar-refractivity contribution in [2.24, 2.45) is 0 Å². The zero-order chi connectivity index (χ0) is 23.0. The summed E-state index contributed by atoms with van der Waals surface area (Å²) in [6.07, 6.45) is 5.39. The van der Waals surface area contributed by atoms with Crippen molar-refractivity contribution in [1.29, 1.82) is 0 Å². The Morgan fingerprint density at radius 2 is 1.91 bits per heavy atom. The van der Waals surface area contributed by atoms with Crippen molar-refractivity contribution in [2.75, 3.05) is 12.3 Å². The summed E-state index contributed by atoms with van der Waals surface area (Å²) in [5, 5.41) is 1.81. The number of hydrogen-bond donors (Lipinski definition) is 2. The molecule has 1 fully saturated rings. The second kappa shape index (κ2) is 8.54. The number of carbonyl (C=O) groups excluding carboxylic acids is 1. The van der Waals surface area contributed by atoms with Crippen molar-refractivity contribution in [3.05, 3.63) is 72.7 Å². The fourth-order valence-electron chi connectivity index (χ4n) is 3.94. The zero-order valence-corrected chi connectivity index (χ0v) is 19.1. The van der Waals surface area contributed by atoms with Gasteiger partial charge in [0.05, 0.1) is 0 Å². The Balaban J connectivity index is 1.28. The molecule has 0 unspecified atom stereocenters. The number of pyridine rings is 2. The van der Waals surface area contributed by atoms with Crippen LogP contribution in [0.1, 0.15) is 12.0 Å². The predicted molar refractivity (Wildman–Crippen MR) is 128 cm³/mol. The largest absolute Gasteiger partial charge is 0.383 e. The molecule has 0 radical (unpaired) electrons. The molecule has 1 atom stereocenters. The van der Waals surface area contributed by atoms with Crippen molar-refractivity contribution in [1.82, 2.24) is 19.6 Å². The molecule has 1 aliphatic heterocycles. The first-order chi connectivity index (χ1) is 15.9. The summed E-state index contributed by atoms with van der Waals surface area (Å²) < 4.78 is 28.6. The maximum atomic E-state index is 12.9. The normalized spacial score (nSPS) is 16.5. The molecule has 5 rings (SSSR count). The SMILES string of the molecule is Nc1nccc2ccc(CN3CC[C@H](NS(=O)(=O)c4ccc(-c5ccncc5)s4)C3=O)cc12. The topological polar surface area (TPSA) is 118 Å². The van der Waals surface area contributed by atoms with E-state index >= 15 is 0 Å². The van der Waals surface area contributed by atoms with E-state index in [1.807, 2.05) is 36.4 Å². The first-order valence-electron chi connectivity index (χ1n) is 10.4. The van der Waals surface area contributed by atoms with Crippen LogP contribution in [0, 0.1) is 0 Å². The molecule has 1 aliphatic rings. The van der Waals surface area contributed by atoms with Gasteiger partial charge < -0.3 is 10.6 Å². The number of nitrogens with zero attached hydrogens (tertiary/aromatic N) is 3. The summed E-state index contributed by atoms with van der Waals surface area (Å²) in [7, 11) is -3.81. The van der Waals surface area contributed by atoms with Gasteiger partial charge in [-0.15, -0.1) is 11.3 Å². The van der Waals surface area contributed by atoms with Crippen LogP contribution in [0.5, 0.6) is 0 Å². The minimum atomic E-state index is -3.81. The summed E-state index contributed by atoms with van der Waals surface area (Å²) in [6, 6.07) is 13.9. The summed E-state index contributed by atoms with van der Waals surface area (Å²) in [4.78, 5) is 23.5. The minimum absolute atomic E-state index is 0.179. The number of anilines is 1. The van der Waals surface area contributed by atoms with Gasteiger partial charge in [-0.2, -0.15) is 4.72 Å². The molecule has 33 heavy (non-hydrogen) atoms. The molecule has 168 valence electrons. The van der Waals surface area contributed by atoms with Crippen molar-refractivity contribution >= 4 is 43.9 Å². The van der Waals surface area contributed by atoms with Crippen molar-refractivity contribution in [3.8, 4) is 10.4 Å². The van der Waals surface area contributed by atoms with Gasteiger partial charge in [-0.05, 0) is 59.3 Å². The molecule has 0 aliphatic carbocycles. The maximum absolute atomic E-state index is 12.9. The molecular formula is C23H21N5O3S2. The molecule has 4 heterocycles. The van der Waals surface area contributed by atoms with Gasteiger partial charge in [0, 0.05) is 41.9 Å². The van der Waals surface area contributed by atoms with E-state index < -0.39 is 16.1 Å². The van der Waals surface area contributed by atoms with Crippen LogP contribution in [0.3, 0.4) is 0 Å². The Hall–Kier alpha value is -3.34. The number of nitrogen functional groups attached to an aromatic ring is 1. The zero-order valence-electron chi connectivity index (χ0n) is 17.5. The van der Waals surface area contributed by atoms with E-state index in [-0.39, 0.29) is 10.1 Å². The summed E-state index contributed by atoms with van der Waals surface area (Å²) in [6.45, 7) is 0.853. The van der Waals surface area contributed by atoms with Crippen LogP contribution in [0.15, 0.2) is 71.3 Å². The number of hydrogen-bond acceptors (Lipinski definition) is 7. The van der Waals surface area contributed by atoms with Crippen molar-refractivity contribution in [3.63, 3.8) is 0 Å². The second-order valence-electron chi connectivity index (χ2n) is 7.83. The molecule has 8 nitrogen and oxygen atoms in total. The monoisotopic (exact) mass is 479 g/mol. The fraction of sp³-hybridized carbons (Fsp3) is 0.174. The number of nitrogens with one attached hydrogen (secondary N) is 1. The van der Waals surface area contributed by atoms with E-state index in [0.29, 0.717) is 25.3 Å². The Morgan fingerprint density at radius 3 is 2.73 bits per heavy atom. The van der Waals surface area contributed by atoms with Crippen LogP contribution in [0.2, 0.25) is 0 Å². The molecule has 3 N–H and O–H groups in total. The molecule has 10 heteroatoms. The molecule has 0 spiro atoms. The highest BCUT2D eigenvalue weighted by Crippen LogP contribution is 2.31. The number of amides is 1. The highest BCUT2D eigenvalue weighted by molar-refractivity contribution is 7.91. The van der Waals surface area contributed by atoms with Crippen LogP contribution in [0.4, 0.5) is 5.82 Å². The standard InChI is InChI=1S/C23H21N5O3S2/c24-22-18-13-15(1-2-16(18)7-11-26-22)14-28-12-8-19(23(28)29)27-33(30,31)21-4-3-20(32-21)17-5-9-25-10-6-17/h1-7,9-11,13,19,27H,8,12,14H2,(H2,24,26)/t19-/m0/s1. The number of benzene rings is 1. The lowest BCUT2D eigenvalue weighted by Gasteiger charge is -2.17. The number of carbonyl (C=O) groups is 1. The van der Waals surface area contributed by atoms with Gasteiger partial charge in [0.1, 0.15) is 16.1 Å². The van der Waals surface area contributed by atoms with E-state index in [1.54, 1.807) is 35.6 Å². The lowest BCUT2D eigenvalue weighted by molar-refractivity contribution is -0.129. The van der Waals surface area contributed by atoms with Gasteiger partial charge in [-0.3, -0.25) is 9.78 Å². The van der Waals surface area contributed by atoms with Gasteiger partial charge in [0.15, 0.2) is 0 Å². The highest BCUT2D eigenvalue weighted by atomic mass is 32.2. The molecule has 1 amide bonds. The van der Waals surface area contributed by atoms with Crippen molar-refractivity contribution < 1.29 is 13.2 Å². The predicted octanol–water partition coefficient (Wildman–Crippen LogP) is 3.02. The fourth-order valence-corrected chi connectivity index (χ4v) is 6.50. The van der Waals surface area contributed by atoms with Gasteiger partial charge in [0.25, 0.3) is 10.0 Å². The van der Waals surface area contributed by atoms with Gasteiger partial charge in [-0.1, -0.05) is 12.1 Å². The average molecular weight is 480 g/mol. The quantitative estimate of drug-likeness (QED) is 0.439. The first kappa shape index (κ1) is 21.5. The maximum Gasteiger partial charge on any atom is 0.250 e. The van der Waals surface area contributed by atoms with Gasteiger partial charge >= 0.3 is 0 Å². The van der Waals surface area contributed by atoms with E-state index in [4.69, 9.17) is 5.73 Å². The molecular weight excluding hydrogens is 458 g/mol. The summed E-state index contributed by atoms with van der Waals surface area (Å²) >= 11 is 1.16. The molecule has 3 aromatic heterocycles. The molecule has 0 bridgehead atoms. The Bertz CT molecular complexity index is 1440. The van der Waals surface area contributed by atoms with Crippen LogP contribution in [0.25, 0.3) is 21.2 Å². The Kier molecular flexibility index (Phi) is 5.57. The van der Waals surface area contributed by atoms with Crippen LogP contribution in [-0.4, -0.2) is 41.8 Å². The lowest BCUT2D eigenvalue weighted by atomic mass is 10.1. The highest BCUT2D eigenvalue weighted by Gasteiger charge is 2.35. The number of likely N-dealkylation sites (tertiary alicyclic amines) is 1. The van der Waals surface area contributed by atoms with E-state index in [2.05, 4.69) is 14.7 Å². The second-order valence-corrected chi connectivity index (χ2v) is 10.9. The van der Waals surface area contributed by atoms with Gasteiger partial charge in [0.2, 0.25) is 5.91 Å². The van der Waals surface area contributed by atoms with Crippen molar-refractivity contribution in [2.45, 2.75) is 23.2 Å². The van der Waals surface area contributed by atoms with Crippen LogP contribution in [-0.2, 0) is 21.4 Å². The molecule has 0 saturated carbocycles. The third-order valence-electron chi connectivity index (χ3n) is 5.64. The number of rotatable bonds is 6. The molecule has 1 saturated heterocycles. The third-order valence-corrected chi connectivity index (χ3v) is 8.74. The number of sulfonamides is 1. The van der Waals surface area contributed by atoms with Crippen LogP contribution < -0.4 is 10.5 Å². The average Bonchev–Trinajstić information content (AvgIpc) is 3.44. The number of thiophene rings is 1. The third kappa shape index (κ3) is 4.32. The van der Waals surface area contributed by atoms with E-state index in [9.17, 15) is 13.2 Å². The summed E-state index contributed by atoms with van der Waals surface area (Å²) in [5.41, 5.74) is 7.79. The number of nitrogens with two attached hydrogens (primary N) is 1. The lowest BCUT2D eigenvalue weighted by Crippen LogP contribution is -2.41.